The number of carbonyl (C=O) groups is 2. The van der Waals surface area contributed by atoms with Crippen molar-refractivity contribution in [1.82, 2.24) is 4.90 Å². The molecule has 0 saturated heterocycles. The van der Waals surface area contributed by atoms with Crippen LogP contribution in [0.3, 0.4) is 0 Å². The molecule has 0 unspecified atom stereocenters. The van der Waals surface area contributed by atoms with Crippen LogP contribution in [0.1, 0.15) is 26.7 Å². The summed E-state index contributed by atoms with van der Waals surface area (Å²) in [6, 6.07) is 0. The van der Waals surface area contributed by atoms with Gasteiger partial charge in [0.05, 0.1) is 0 Å². The van der Waals surface area contributed by atoms with Gasteiger partial charge in [-0.3, -0.25) is 9.59 Å². The molecule has 1 rings (SSSR count). The second-order valence-corrected chi connectivity index (χ2v) is 4.58. The highest BCUT2D eigenvalue weighted by atomic mass is 16.2. The number of nitrogens with zero attached hydrogens (tertiary/aromatic N) is 1. The lowest BCUT2D eigenvalue weighted by molar-refractivity contribution is -0.145. The number of hydrogen-bond acceptors (Lipinski definition) is 2. The summed E-state index contributed by atoms with van der Waals surface area (Å²) in [7, 11) is 3.50. The topological polar surface area (TPSA) is 37.4 Å². The van der Waals surface area contributed by atoms with E-state index in [9.17, 15) is 9.59 Å². The third-order valence-electron chi connectivity index (χ3n) is 2.97. The van der Waals surface area contributed by atoms with E-state index in [2.05, 4.69) is 0 Å². The lowest BCUT2D eigenvalue weighted by Crippen LogP contribution is -2.44. The van der Waals surface area contributed by atoms with Crippen LogP contribution in [-0.2, 0) is 9.59 Å². The summed E-state index contributed by atoms with van der Waals surface area (Å²) in [5.74, 6) is 0.356. The number of amides is 1. The lowest BCUT2D eigenvalue weighted by atomic mass is 9.68. The second kappa shape index (κ2) is 4.11. The highest BCUT2D eigenvalue weighted by Gasteiger charge is 2.42. The average Bonchev–Trinajstić information content (AvgIpc) is 2.01. The van der Waals surface area contributed by atoms with Gasteiger partial charge >= 0.3 is 0 Å². The van der Waals surface area contributed by atoms with Gasteiger partial charge in [-0.25, -0.2) is 0 Å². The Bertz CT molecular complexity index is 220. The maximum atomic E-state index is 11.7. The van der Waals surface area contributed by atoms with Crippen LogP contribution in [0.4, 0.5) is 0 Å². The van der Waals surface area contributed by atoms with E-state index in [1.54, 1.807) is 19.0 Å². The number of carbonyl (C=O) groups excluding carboxylic acids is 2. The fourth-order valence-corrected chi connectivity index (χ4v) is 1.90. The van der Waals surface area contributed by atoms with Crippen molar-refractivity contribution in [2.24, 2.45) is 17.8 Å². The zero-order valence-corrected chi connectivity index (χ0v) is 9.41. The fourth-order valence-electron chi connectivity index (χ4n) is 1.90. The van der Waals surface area contributed by atoms with Crippen LogP contribution in [0.15, 0.2) is 0 Å². The average molecular weight is 197 g/mol. The molecule has 0 aromatic heterocycles. The normalized spacial score (nSPS) is 25.8. The molecule has 1 aliphatic carbocycles. The molecule has 1 fully saturated rings. The van der Waals surface area contributed by atoms with Crippen molar-refractivity contribution >= 4 is 11.7 Å². The third kappa shape index (κ3) is 1.97. The summed E-state index contributed by atoms with van der Waals surface area (Å²) in [5.41, 5.74) is 0. The van der Waals surface area contributed by atoms with Crippen molar-refractivity contribution in [1.29, 1.82) is 0 Å². The third-order valence-corrected chi connectivity index (χ3v) is 2.97. The van der Waals surface area contributed by atoms with E-state index >= 15 is 0 Å². The molecule has 0 N–H and O–H groups in total. The number of Topliss-reactive ketones (excluding diaryl/α,β-unsaturated/α-hetero) is 1. The van der Waals surface area contributed by atoms with Gasteiger partial charge in [0.2, 0.25) is 5.91 Å². The summed E-state index contributed by atoms with van der Waals surface area (Å²) >= 11 is 0. The first kappa shape index (κ1) is 11.2. The van der Waals surface area contributed by atoms with Gasteiger partial charge in [0.1, 0.15) is 5.78 Å². The predicted molar refractivity (Wildman–Crippen MR) is 54.8 cm³/mol. The van der Waals surface area contributed by atoms with Crippen molar-refractivity contribution in [3.8, 4) is 0 Å². The first-order valence-corrected chi connectivity index (χ1v) is 5.20. The molecule has 1 saturated carbocycles. The van der Waals surface area contributed by atoms with Crippen molar-refractivity contribution in [2.45, 2.75) is 26.7 Å². The van der Waals surface area contributed by atoms with Gasteiger partial charge in [-0.15, -0.1) is 0 Å². The van der Waals surface area contributed by atoms with Crippen molar-refractivity contribution in [3.63, 3.8) is 0 Å². The van der Waals surface area contributed by atoms with Gasteiger partial charge in [-0.1, -0.05) is 13.8 Å². The highest BCUT2D eigenvalue weighted by molar-refractivity contribution is 5.91. The molecule has 1 amide bonds. The van der Waals surface area contributed by atoms with Crippen molar-refractivity contribution < 1.29 is 9.59 Å². The van der Waals surface area contributed by atoms with Crippen molar-refractivity contribution in [2.75, 3.05) is 14.1 Å². The van der Waals surface area contributed by atoms with Crippen LogP contribution in [0.2, 0.25) is 0 Å². The molecular weight excluding hydrogens is 178 g/mol. The van der Waals surface area contributed by atoms with Gasteiger partial charge in [0.25, 0.3) is 0 Å². The molecule has 2 atom stereocenters. The Balaban J connectivity index is 2.59. The van der Waals surface area contributed by atoms with E-state index in [1.807, 2.05) is 13.8 Å². The smallest absolute Gasteiger partial charge is 0.225 e. The maximum Gasteiger partial charge on any atom is 0.225 e. The first-order valence-electron chi connectivity index (χ1n) is 5.20. The van der Waals surface area contributed by atoms with E-state index in [0.717, 1.165) is 12.8 Å². The van der Waals surface area contributed by atoms with E-state index in [-0.39, 0.29) is 29.4 Å². The molecule has 0 radical (unpaired) electrons. The minimum atomic E-state index is -0.0418. The largest absolute Gasteiger partial charge is 0.349 e. The lowest BCUT2D eigenvalue weighted by Gasteiger charge is -2.36. The minimum absolute atomic E-state index is 0.00935. The fraction of sp³-hybridized carbons (Fsp3) is 0.818. The van der Waals surface area contributed by atoms with E-state index in [1.165, 1.54) is 0 Å². The zero-order valence-electron chi connectivity index (χ0n) is 9.41. The van der Waals surface area contributed by atoms with Gasteiger partial charge in [0.15, 0.2) is 0 Å². The Morgan fingerprint density at radius 3 is 1.93 bits per heavy atom. The zero-order chi connectivity index (χ0) is 10.9. The van der Waals surface area contributed by atoms with Gasteiger partial charge in [-0.05, 0) is 12.8 Å². The van der Waals surface area contributed by atoms with Gasteiger partial charge in [-0.2, -0.15) is 0 Å². The Morgan fingerprint density at radius 2 is 1.64 bits per heavy atom. The summed E-state index contributed by atoms with van der Waals surface area (Å²) in [4.78, 5) is 24.9. The minimum Gasteiger partial charge on any atom is -0.349 e. The molecule has 0 bridgehead atoms. The molecule has 14 heavy (non-hydrogen) atoms. The summed E-state index contributed by atoms with van der Waals surface area (Å²) in [6.45, 7) is 3.80. The molecule has 3 nitrogen and oxygen atoms in total. The summed E-state index contributed by atoms with van der Waals surface area (Å²) in [5, 5.41) is 0. The molecule has 1 aliphatic rings. The van der Waals surface area contributed by atoms with Gasteiger partial charge < -0.3 is 4.90 Å². The molecule has 0 heterocycles. The Labute approximate surface area is 85.5 Å². The quantitative estimate of drug-likeness (QED) is 0.684. The summed E-state index contributed by atoms with van der Waals surface area (Å²) < 4.78 is 0. The van der Waals surface area contributed by atoms with Crippen LogP contribution in [-0.4, -0.2) is 30.7 Å². The second-order valence-electron chi connectivity index (χ2n) is 4.58. The predicted octanol–water partition coefficient (Wildman–Crippen LogP) is 1.33. The van der Waals surface area contributed by atoms with E-state index in [0.29, 0.717) is 0 Å². The van der Waals surface area contributed by atoms with Crippen LogP contribution >= 0.6 is 0 Å². The Hall–Kier alpha value is -0.860. The first-order chi connectivity index (χ1) is 6.45. The molecular formula is C11H19NO2. The van der Waals surface area contributed by atoms with Crippen LogP contribution < -0.4 is 0 Å². The van der Waals surface area contributed by atoms with Gasteiger partial charge in [0, 0.05) is 31.8 Å². The molecule has 3 heteroatoms. The van der Waals surface area contributed by atoms with E-state index < -0.39 is 0 Å². The molecule has 0 aromatic rings. The van der Waals surface area contributed by atoms with Crippen LogP contribution in [0.25, 0.3) is 0 Å². The molecule has 80 valence electrons. The van der Waals surface area contributed by atoms with E-state index in [4.69, 9.17) is 0 Å². The SMILES string of the molecule is CC(C)C(=O)[C@@H]1CC[C@H]1C(=O)N(C)C. The van der Waals surface area contributed by atoms with Crippen molar-refractivity contribution in [3.05, 3.63) is 0 Å². The number of ketones is 1. The summed E-state index contributed by atoms with van der Waals surface area (Å²) in [6.07, 6.45) is 1.77. The molecule has 0 spiro atoms. The van der Waals surface area contributed by atoms with Crippen LogP contribution in [0, 0.1) is 17.8 Å². The standard InChI is InChI=1S/C11H19NO2/c1-7(2)10(13)8-5-6-9(8)11(14)12(3)4/h7-9H,5-6H2,1-4H3/t8-,9-/m1/s1. The Kier molecular flexibility index (Phi) is 3.29. The highest BCUT2D eigenvalue weighted by Crippen LogP contribution is 2.37. The molecule has 0 aliphatic heterocycles. The van der Waals surface area contributed by atoms with Crippen LogP contribution in [0.5, 0.6) is 0 Å². The number of hydrogen-bond donors (Lipinski definition) is 0. The maximum absolute atomic E-state index is 11.7. The Morgan fingerprint density at radius 1 is 1.14 bits per heavy atom. The monoisotopic (exact) mass is 197 g/mol. The number of rotatable bonds is 3. The molecule has 0 aromatic carbocycles.